The second kappa shape index (κ2) is 5.42. The molecule has 0 aliphatic heterocycles. The van der Waals surface area contributed by atoms with Crippen molar-refractivity contribution in [3.8, 4) is 0 Å². The fourth-order valence-electron chi connectivity index (χ4n) is 1.69. The Morgan fingerprint density at radius 3 is 2.52 bits per heavy atom. The van der Waals surface area contributed by atoms with Crippen molar-refractivity contribution in [1.82, 2.24) is 0 Å². The first-order chi connectivity index (χ1) is 9.65. The number of nitrogens with one attached hydrogen (secondary N) is 1. The molecule has 1 aliphatic rings. The monoisotopic (exact) mass is 337 g/mol. The van der Waals surface area contributed by atoms with Gasteiger partial charge >= 0.3 is 5.97 Å². The predicted octanol–water partition coefficient (Wildman–Crippen LogP) is 3.03. The Morgan fingerprint density at radius 2 is 2.00 bits per heavy atom. The lowest BCUT2D eigenvalue weighted by molar-refractivity contribution is -0.152. The van der Waals surface area contributed by atoms with Crippen LogP contribution in [0, 0.1) is 17.0 Å². The van der Waals surface area contributed by atoms with Crippen LogP contribution < -0.4 is 5.32 Å². The lowest BCUT2D eigenvalue weighted by atomic mass is 10.1. The Bertz CT molecular complexity index is 609. The summed E-state index contributed by atoms with van der Waals surface area (Å²) < 4.78 is 29.6. The van der Waals surface area contributed by atoms with Gasteiger partial charge in [0, 0.05) is 12.5 Å². The van der Waals surface area contributed by atoms with Gasteiger partial charge < -0.3 is 10.1 Å². The number of hydrogen-bond donors (Lipinski definition) is 1. The maximum Gasteiger partial charge on any atom is 0.315 e. The molecule has 21 heavy (non-hydrogen) atoms. The minimum Gasteiger partial charge on any atom is -0.455 e. The van der Waals surface area contributed by atoms with Crippen LogP contribution in [-0.4, -0.2) is 22.8 Å². The van der Waals surface area contributed by atoms with Crippen molar-refractivity contribution in [3.63, 3.8) is 0 Å². The van der Waals surface area contributed by atoms with Gasteiger partial charge in [-0.05, 0) is 19.1 Å². The molecule has 1 atom stereocenters. The Hall–Kier alpha value is -1.40. The van der Waals surface area contributed by atoms with Crippen LogP contribution in [-0.2, 0) is 14.3 Å². The molecule has 4 nitrogen and oxygen atoms in total. The van der Waals surface area contributed by atoms with E-state index in [-0.39, 0.29) is 12.1 Å². The molecule has 1 amide bonds. The third-order valence-corrected chi connectivity index (χ3v) is 4.35. The van der Waals surface area contributed by atoms with Gasteiger partial charge in [0.15, 0.2) is 6.61 Å². The molecule has 1 aliphatic carbocycles. The van der Waals surface area contributed by atoms with Gasteiger partial charge in [0.1, 0.15) is 21.4 Å². The molecule has 2 rings (SSSR count). The van der Waals surface area contributed by atoms with E-state index in [2.05, 4.69) is 5.32 Å². The summed E-state index contributed by atoms with van der Waals surface area (Å²) in [5.41, 5.74) is -1.25. The summed E-state index contributed by atoms with van der Waals surface area (Å²) in [5, 5.41) is 2.16. The number of carbonyl (C=O) groups excluding carboxylic acids is 2. The highest BCUT2D eigenvalue weighted by Crippen LogP contribution is 2.64. The van der Waals surface area contributed by atoms with Crippen LogP contribution >= 0.6 is 23.2 Å². The van der Waals surface area contributed by atoms with E-state index in [0.717, 1.165) is 12.1 Å². The quantitative estimate of drug-likeness (QED) is 0.678. The molecule has 1 aromatic rings. The molecule has 0 aromatic heterocycles. The SMILES string of the molecule is C[C@]1(C(=O)OCC(=O)Nc2ccc(F)cc2F)CC1(Cl)Cl. The standard InChI is InChI=1S/C13H11Cl2F2NO3/c1-12(6-13(12,14)15)11(20)21-5-10(19)18-9-3-2-7(16)4-8(9)17/h2-4H,5-6H2,1H3,(H,18,19)/t12-/m1/s1. The number of amides is 1. The van der Waals surface area contributed by atoms with Gasteiger partial charge in [-0.25, -0.2) is 8.78 Å². The van der Waals surface area contributed by atoms with E-state index in [1.165, 1.54) is 6.92 Å². The average molecular weight is 338 g/mol. The Kier molecular flexibility index (Phi) is 4.13. The first kappa shape index (κ1) is 16.0. The second-order valence-corrected chi connectivity index (χ2v) is 6.45. The van der Waals surface area contributed by atoms with Gasteiger partial charge in [-0.15, -0.1) is 23.2 Å². The molecule has 1 fully saturated rings. The molecule has 114 valence electrons. The van der Waals surface area contributed by atoms with Crippen LogP contribution in [0.1, 0.15) is 13.3 Å². The molecule has 0 spiro atoms. The third-order valence-electron chi connectivity index (χ3n) is 3.25. The number of ether oxygens (including phenoxy) is 1. The Labute approximate surface area is 129 Å². The maximum atomic E-state index is 13.3. The van der Waals surface area contributed by atoms with Crippen molar-refractivity contribution in [2.75, 3.05) is 11.9 Å². The topological polar surface area (TPSA) is 55.4 Å². The zero-order valence-corrected chi connectivity index (χ0v) is 12.4. The smallest absolute Gasteiger partial charge is 0.315 e. The highest BCUT2D eigenvalue weighted by molar-refractivity contribution is 6.53. The van der Waals surface area contributed by atoms with Crippen LogP contribution in [0.4, 0.5) is 14.5 Å². The molecule has 0 unspecified atom stereocenters. The summed E-state index contributed by atoms with van der Waals surface area (Å²) in [6.07, 6.45) is 0.232. The summed E-state index contributed by atoms with van der Waals surface area (Å²) >= 11 is 11.6. The third kappa shape index (κ3) is 3.27. The molecule has 0 heterocycles. The average Bonchev–Trinajstić information content (AvgIpc) is 2.90. The van der Waals surface area contributed by atoms with Crippen molar-refractivity contribution < 1.29 is 23.1 Å². The molecule has 1 N–H and O–H groups in total. The minimum absolute atomic E-state index is 0.209. The van der Waals surface area contributed by atoms with E-state index >= 15 is 0 Å². The first-order valence-corrected chi connectivity index (χ1v) is 6.71. The number of esters is 1. The predicted molar refractivity (Wildman–Crippen MR) is 73.1 cm³/mol. The van der Waals surface area contributed by atoms with Crippen molar-refractivity contribution in [3.05, 3.63) is 29.8 Å². The van der Waals surface area contributed by atoms with Gasteiger partial charge in [-0.2, -0.15) is 0 Å². The molecule has 8 heteroatoms. The highest BCUT2D eigenvalue weighted by Gasteiger charge is 2.69. The fourth-order valence-corrected chi connectivity index (χ4v) is 2.38. The molecule has 0 saturated heterocycles. The number of benzene rings is 1. The summed E-state index contributed by atoms with van der Waals surface area (Å²) in [6.45, 7) is 0.905. The zero-order chi connectivity index (χ0) is 15.8. The number of alkyl halides is 2. The second-order valence-electron chi connectivity index (χ2n) is 4.96. The van der Waals surface area contributed by atoms with Gasteiger partial charge in [0.25, 0.3) is 5.91 Å². The summed E-state index contributed by atoms with van der Waals surface area (Å²) in [6, 6.07) is 2.68. The lowest BCUT2D eigenvalue weighted by Crippen LogP contribution is -2.27. The van der Waals surface area contributed by atoms with Gasteiger partial charge in [0.2, 0.25) is 0 Å². The number of rotatable bonds is 4. The van der Waals surface area contributed by atoms with E-state index in [4.69, 9.17) is 27.9 Å². The van der Waals surface area contributed by atoms with E-state index < -0.39 is 39.9 Å². The first-order valence-electron chi connectivity index (χ1n) is 5.96. The van der Waals surface area contributed by atoms with Crippen LogP contribution in [0.25, 0.3) is 0 Å². The number of anilines is 1. The molecule has 0 radical (unpaired) electrons. The van der Waals surface area contributed by atoms with E-state index in [9.17, 15) is 18.4 Å². The number of hydrogen-bond acceptors (Lipinski definition) is 3. The zero-order valence-electron chi connectivity index (χ0n) is 10.9. The number of halogens is 4. The molecule has 1 saturated carbocycles. The van der Waals surface area contributed by atoms with Gasteiger partial charge in [0.05, 0.1) is 5.69 Å². The molecule has 0 bridgehead atoms. The number of carbonyl (C=O) groups is 2. The summed E-state index contributed by atoms with van der Waals surface area (Å²) in [7, 11) is 0. The van der Waals surface area contributed by atoms with Crippen molar-refractivity contribution in [2.24, 2.45) is 5.41 Å². The Morgan fingerprint density at radius 1 is 1.38 bits per heavy atom. The van der Waals surface area contributed by atoms with Crippen LogP contribution in [0.2, 0.25) is 0 Å². The molecular formula is C13H11Cl2F2NO3. The lowest BCUT2D eigenvalue weighted by Gasteiger charge is -2.12. The van der Waals surface area contributed by atoms with E-state index in [1.807, 2.05) is 0 Å². The molecule has 1 aromatic carbocycles. The van der Waals surface area contributed by atoms with E-state index in [1.54, 1.807) is 0 Å². The van der Waals surface area contributed by atoms with Crippen LogP contribution in [0.3, 0.4) is 0 Å². The van der Waals surface area contributed by atoms with Crippen molar-refractivity contribution in [2.45, 2.75) is 17.7 Å². The molecular weight excluding hydrogens is 327 g/mol. The normalized spacial score (nSPS) is 22.5. The largest absolute Gasteiger partial charge is 0.455 e. The summed E-state index contributed by atoms with van der Waals surface area (Å²) in [4.78, 5) is 23.3. The van der Waals surface area contributed by atoms with E-state index in [0.29, 0.717) is 6.07 Å². The fraction of sp³-hybridized carbons (Fsp3) is 0.385. The highest BCUT2D eigenvalue weighted by atomic mass is 35.5. The van der Waals surface area contributed by atoms with Crippen molar-refractivity contribution in [1.29, 1.82) is 0 Å². The van der Waals surface area contributed by atoms with Crippen LogP contribution in [0.5, 0.6) is 0 Å². The van der Waals surface area contributed by atoms with Gasteiger partial charge in [-0.1, -0.05) is 0 Å². The summed E-state index contributed by atoms with van der Waals surface area (Å²) in [5.74, 6) is -3.15. The van der Waals surface area contributed by atoms with Crippen molar-refractivity contribution >= 4 is 40.8 Å². The maximum absolute atomic E-state index is 13.3. The van der Waals surface area contributed by atoms with Crippen LogP contribution in [0.15, 0.2) is 18.2 Å². The van der Waals surface area contributed by atoms with Gasteiger partial charge in [-0.3, -0.25) is 9.59 Å². The minimum atomic E-state index is -1.19. The Balaban J connectivity index is 1.87.